The maximum Gasteiger partial charge on any atom is 0.245 e. The molecule has 1 atom stereocenters. The fourth-order valence-electron chi connectivity index (χ4n) is 1.91. The van der Waals surface area contributed by atoms with E-state index in [9.17, 15) is 13.6 Å². The molecule has 1 unspecified atom stereocenters. The van der Waals surface area contributed by atoms with Crippen molar-refractivity contribution >= 4 is 69.9 Å². The lowest BCUT2D eigenvalue weighted by molar-refractivity contribution is -0.117. The minimum Gasteiger partial charge on any atom is -0.339 e. The van der Waals surface area contributed by atoms with E-state index in [-0.39, 0.29) is 10.7 Å². The van der Waals surface area contributed by atoms with E-state index in [0.717, 1.165) is 18.2 Å². The number of benzene rings is 1. The van der Waals surface area contributed by atoms with Crippen molar-refractivity contribution in [2.75, 3.05) is 5.32 Å². The Kier molecular flexibility index (Phi) is 7.94. The fourth-order valence-corrected chi connectivity index (χ4v) is 2.46. The van der Waals surface area contributed by atoms with E-state index in [1.54, 1.807) is 24.4 Å². The lowest BCUT2D eigenvalue weighted by Gasteiger charge is -2.27. The number of amides is 1. The number of nitrogens with zero attached hydrogens (tertiary/aromatic N) is 1. The van der Waals surface area contributed by atoms with Gasteiger partial charge in [-0.3, -0.25) is 4.79 Å². The van der Waals surface area contributed by atoms with E-state index in [0.29, 0.717) is 11.9 Å². The number of thiocarbonyl (C=S) groups is 1. The van der Waals surface area contributed by atoms with E-state index in [2.05, 4.69) is 20.9 Å². The van der Waals surface area contributed by atoms with Crippen LogP contribution in [0.25, 0.3) is 6.08 Å². The highest BCUT2D eigenvalue weighted by Gasteiger charge is 2.34. The van der Waals surface area contributed by atoms with Gasteiger partial charge in [-0.05, 0) is 42.6 Å². The number of hydrogen-bond acceptors (Lipinski definition) is 3. The lowest BCUT2D eigenvalue weighted by atomic mass is 10.2. The van der Waals surface area contributed by atoms with Gasteiger partial charge in [0.05, 0.1) is 0 Å². The van der Waals surface area contributed by atoms with E-state index < -0.39 is 27.5 Å². The van der Waals surface area contributed by atoms with Gasteiger partial charge in [0.15, 0.2) is 5.11 Å². The number of carbonyl (C=O) groups is 1. The number of hydrogen-bond donors (Lipinski definition) is 3. The van der Waals surface area contributed by atoms with E-state index in [1.807, 2.05) is 0 Å². The third kappa shape index (κ3) is 7.20. The molecule has 148 valence electrons. The Bertz CT molecular complexity index is 878. The molecule has 3 N–H and O–H groups in total. The predicted octanol–water partition coefficient (Wildman–Crippen LogP) is 4.17. The maximum absolute atomic E-state index is 13.6. The van der Waals surface area contributed by atoms with Crippen LogP contribution in [0.2, 0.25) is 0 Å². The van der Waals surface area contributed by atoms with Crippen LogP contribution >= 0.6 is 47.0 Å². The Labute approximate surface area is 180 Å². The summed E-state index contributed by atoms with van der Waals surface area (Å²) >= 11 is 22.7. The first-order valence-electron chi connectivity index (χ1n) is 7.64. The van der Waals surface area contributed by atoms with Crippen molar-refractivity contribution in [2.45, 2.75) is 9.96 Å². The third-order valence-electron chi connectivity index (χ3n) is 3.17. The molecule has 0 aliphatic heterocycles. The molecule has 1 aromatic carbocycles. The quantitative estimate of drug-likeness (QED) is 0.268. The van der Waals surface area contributed by atoms with E-state index in [4.69, 9.17) is 47.0 Å². The smallest absolute Gasteiger partial charge is 0.245 e. The Hall–Kier alpha value is -2.00. The van der Waals surface area contributed by atoms with Crippen molar-refractivity contribution in [1.29, 1.82) is 0 Å². The van der Waals surface area contributed by atoms with Crippen molar-refractivity contribution in [3.63, 3.8) is 0 Å². The molecule has 0 saturated heterocycles. The molecule has 2 aromatic rings. The van der Waals surface area contributed by atoms with Gasteiger partial charge in [0.1, 0.15) is 23.6 Å². The number of carbonyl (C=O) groups excluding carboxylic acids is 1. The highest BCUT2D eigenvalue weighted by atomic mass is 35.6. The first kappa shape index (κ1) is 22.3. The predicted molar refractivity (Wildman–Crippen MR) is 111 cm³/mol. The van der Waals surface area contributed by atoms with Crippen LogP contribution in [0.3, 0.4) is 0 Å². The van der Waals surface area contributed by atoms with Crippen molar-refractivity contribution < 1.29 is 13.6 Å². The first-order chi connectivity index (χ1) is 13.1. The largest absolute Gasteiger partial charge is 0.339 e. The number of aromatic nitrogens is 1. The van der Waals surface area contributed by atoms with Crippen LogP contribution < -0.4 is 16.0 Å². The van der Waals surface area contributed by atoms with Crippen LogP contribution in [0.4, 0.5) is 14.6 Å². The average molecular weight is 466 g/mol. The topological polar surface area (TPSA) is 66.1 Å². The highest BCUT2D eigenvalue weighted by molar-refractivity contribution is 7.80. The van der Waals surface area contributed by atoms with Gasteiger partial charge in [0, 0.05) is 23.9 Å². The van der Waals surface area contributed by atoms with E-state index in [1.165, 1.54) is 6.07 Å². The molecule has 1 aromatic heterocycles. The molecule has 0 bridgehead atoms. The normalized spacial score (nSPS) is 12.5. The SMILES string of the molecule is O=C(/C=C/c1ccc(F)cc1F)NC(NC(=S)Nc1ccccn1)C(Cl)(Cl)Cl. The molecule has 0 spiro atoms. The molecule has 0 aliphatic rings. The van der Waals surface area contributed by atoms with Crippen LogP contribution in [-0.4, -0.2) is 26.0 Å². The molecular formula is C17H13Cl3F2N4OS. The Morgan fingerprint density at radius 2 is 1.93 bits per heavy atom. The zero-order chi connectivity index (χ0) is 20.7. The molecule has 0 radical (unpaired) electrons. The fraction of sp³-hybridized carbons (Fsp3) is 0.118. The summed E-state index contributed by atoms with van der Waals surface area (Å²) in [6.07, 6.45) is 2.51. The van der Waals surface area contributed by atoms with Crippen LogP contribution in [0.5, 0.6) is 0 Å². The zero-order valence-electron chi connectivity index (χ0n) is 13.9. The van der Waals surface area contributed by atoms with Gasteiger partial charge in [0.25, 0.3) is 0 Å². The van der Waals surface area contributed by atoms with Crippen molar-refractivity contribution in [2.24, 2.45) is 0 Å². The molecular weight excluding hydrogens is 453 g/mol. The standard InChI is InChI=1S/C17H13Cl3F2N4OS/c18-17(19,20)15(26-16(28)24-13-3-1-2-8-23-13)25-14(27)7-5-10-4-6-11(21)9-12(10)22/h1-9,15H,(H,25,27)(H2,23,24,26,28)/b7-5+. The van der Waals surface area contributed by atoms with Crippen LogP contribution in [0.1, 0.15) is 5.56 Å². The number of pyridine rings is 1. The Morgan fingerprint density at radius 3 is 2.54 bits per heavy atom. The van der Waals surface area contributed by atoms with Gasteiger partial charge >= 0.3 is 0 Å². The molecule has 0 fully saturated rings. The Balaban J connectivity index is 2.02. The van der Waals surface area contributed by atoms with Gasteiger partial charge < -0.3 is 16.0 Å². The molecule has 11 heteroatoms. The Morgan fingerprint density at radius 1 is 1.18 bits per heavy atom. The lowest BCUT2D eigenvalue weighted by Crippen LogP contribution is -2.55. The van der Waals surface area contributed by atoms with Crippen LogP contribution in [-0.2, 0) is 4.79 Å². The molecule has 5 nitrogen and oxygen atoms in total. The summed E-state index contributed by atoms with van der Waals surface area (Å²) in [6.45, 7) is 0. The molecule has 28 heavy (non-hydrogen) atoms. The number of rotatable bonds is 5. The van der Waals surface area contributed by atoms with Gasteiger partial charge in [-0.15, -0.1) is 0 Å². The zero-order valence-corrected chi connectivity index (χ0v) is 17.0. The number of halogens is 5. The second kappa shape index (κ2) is 9.97. The summed E-state index contributed by atoms with van der Waals surface area (Å²) in [5.74, 6) is -1.80. The van der Waals surface area contributed by atoms with Gasteiger partial charge in [0.2, 0.25) is 9.70 Å². The summed E-state index contributed by atoms with van der Waals surface area (Å²) in [5.41, 5.74) is 0.0160. The average Bonchev–Trinajstić information content (AvgIpc) is 2.60. The summed E-state index contributed by atoms with van der Waals surface area (Å²) in [7, 11) is 0. The summed E-state index contributed by atoms with van der Waals surface area (Å²) in [4.78, 5) is 16.1. The second-order valence-corrected chi connectivity index (χ2v) is 8.07. The number of nitrogens with one attached hydrogen (secondary N) is 3. The van der Waals surface area contributed by atoms with E-state index >= 15 is 0 Å². The van der Waals surface area contributed by atoms with Crippen LogP contribution in [0.15, 0.2) is 48.7 Å². The third-order valence-corrected chi connectivity index (χ3v) is 4.05. The molecule has 0 saturated carbocycles. The van der Waals surface area contributed by atoms with Gasteiger partial charge in [-0.2, -0.15) is 0 Å². The minimum absolute atomic E-state index is 0.0160. The summed E-state index contributed by atoms with van der Waals surface area (Å²) < 4.78 is 24.6. The monoisotopic (exact) mass is 464 g/mol. The van der Waals surface area contributed by atoms with Crippen LogP contribution in [0, 0.1) is 11.6 Å². The number of anilines is 1. The minimum atomic E-state index is -1.96. The molecule has 1 heterocycles. The van der Waals surface area contributed by atoms with Crippen molar-refractivity contribution in [3.8, 4) is 0 Å². The van der Waals surface area contributed by atoms with Gasteiger partial charge in [-0.25, -0.2) is 13.8 Å². The second-order valence-electron chi connectivity index (χ2n) is 5.30. The van der Waals surface area contributed by atoms with Gasteiger partial charge in [-0.1, -0.05) is 40.9 Å². The number of alkyl halides is 3. The summed E-state index contributed by atoms with van der Waals surface area (Å²) in [5, 5.41) is 7.86. The molecule has 0 aliphatic carbocycles. The highest BCUT2D eigenvalue weighted by Crippen LogP contribution is 2.29. The van der Waals surface area contributed by atoms with Crippen molar-refractivity contribution in [3.05, 3.63) is 65.9 Å². The molecule has 2 rings (SSSR count). The maximum atomic E-state index is 13.6. The first-order valence-corrected chi connectivity index (χ1v) is 9.18. The van der Waals surface area contributed by atoms with Crippen molar-refractivity contribution in [1.82, 2.24) is 15.6 Å². The summed E-state index contributed by atoms with van der Waals surface area (Å²) in [6, 6.07) is 8.08. The molecule has 1 amide bonds.